The smallest absolute Gasteiger partial charge is 0.162 e. The molecule has 0 saturated carbocycles. The van der Waals surface area contributed by atoms with Crippen LogP contribution < -0.4 is 15.2 Å². The molecule has 3 unspecified atom stereocenters. The number of ether oxygens (including phenoxy) is 3. The van der Waals surface area contributed by atoms with E-state index in [1.807, 2.05) is 6.07 Å². The molecule has 0 bridgehead atoms. The van der Waals surface area contributed by atoms with E-state index in [0.29, 0.717) is 12.0 Å². The Morgan fingerprint density at radius 3 is 2.67 bits per heavy atom. The number of H-pyrrole nitrogens is 1. The molecule has 3 N–H and O–H groups in total. The Hall–Kier alpha value is -2.51. The van der Waals surface area contributed by atoms with Gasteiger partial charge in [0.25, 0.3) is 0 Å². The van der Waals surface area contributed by atoms with Crippen LogP contribution in [0.4, 0.5) is 0 Å². The fourth-order valence-electron chi connectivity index (χ4n) is 5.39. The standard InChI is InChI=1S/C22H26N2O4.CH5N/c1-12-17-9-24-5-4-14-16-7-20(26-2)21(27-3)8-18(16)23-22(14)19(24)6-15(17)13(10-25)11-28-12;1-2/h7-8,10-12,15,17,19,23H,4-6,9H2,1-3H3;2H2,1H3/t12-,15?,17?,19?;/m0./s1. The zero-order valence-corrected chi connectivity index (χ0v) is 18.1. The summed E-state index contributed by atoms with van der Waals surface area (Å²) in [6.45, 7) is 4.10. The van der Waals surface area contributed by atoms with Gasteiger partial charge in [-0.1, -0.05) is 0 Å². The van der Waals surface area contributed by atoms with Crippen molar-refractivity contribution in [1.29, 1.82) is 0 Å². The number of hydrogen-bond donors (Lipinski definition) is 2. The van der Waals surface area contributed by atoms with Crippen LogP contribution in [0.2, 0.25) is 0 Å². The third-order valence-corrected chi connectivity index (χ3v) is 6.89. The van der Waals surface area contributed by atoms with Gasteiger partial charge in [-0.15, -0.1) is 0 Å². The number of allylic oxidation sites excluding steroid dienone is 1. The number of aromatic amines is 1. The first kappa shape index (κ1) is 20.8. The van der Waals surface area contributed by atoms with Crippen LogP contribution in [0.3, 0.4) is 0 Å². The number of benzene rings is 1. The van der Waals surface area contributed by atoms with Gasteiger partial charge in [0.2, 0.25) is 0 Å². The first-order valence-corrected chi connectivity index (χ1v) is 10.5. The number of carbonyl (C=O) groups excluding carboxylic acids is 1. The Morgan fingerprint density at radius 1 is 1.23 bits per heavy atom. The number of fused-ring (bicyclic) bond motifs is 6. The largest absolute Gasteiger partial charge is 0.498 e. The summed E-state index contributed by atoms with van der Waals surface area (Å²) in [4.78, 5) is 17.8. The third kappa shape index (κ3) is 3.17. The van der Waals surface area contributed by atoms with Crippen molar-refractivity contribution in [2.24, 2.45) is 17.6 Å². The summed E-state index contributed by atoms with van der Waals surface area (Å²) in [5, 5.41) is 1.21. The maximum Gasteiger partial charge on any atom is 0.162 e. The van der Waals surface area contributed by atoms with Crippen LogP contribution in [0, 0.1) is 11.8 Å². The molecule has 7 nitrogen and oxygen atoms in total. The second kappa shape index (κ2) is 8.32. The van der Waals surface area contributed by atoms with E-state index in [1.54, 1.807) is 20.5 Å². The molecule has 4 atom stereocenters. The maximum absolute atomic E-state index is 11.6. The number of nitrogens with zero attached hydrogens (tertiary/aromatic N) is 1. The van der Waals surface area contributed by atoms with E-state index in [2.05, 4.69) is 28.6 Å². The molecule has 30 heavy (non-hydrogen) atoms. The summed E-state index contributed by atoms with van der Waals surface area (Å²) >= 11 is 0. The Kier molecular flexibility index (Phi) is 5.75. The number of methoxy groups -OCH3 is 2. The topological polar surface area (TPSA) is 89.8 Å². The van der Waals surface area contributed by atoms with Crippen LogP contribution in [0.5, 0.6) is 11.5 Å². The second-order valence-corrected chi connectivity index (χ2v) is 8.11. The van der Waals surface area contributed by atoms with E-state index in [4.69, 9.17) is 14.2 Å². The van der Waals surface area contributed by atoms with Crippen LogP contribution in [-0.4, -0.2) is 56.6 Å². The van der Waals surface area contributed by atoms with Crippen molar-refractivity contribution in [3.63, 3.8) is 0 Å². The summed E-state index contributed by atoms with van der Waals surface area (Å²) in [6, 6.07) is 4.40. The number of nitrogens with two attached hydrogens (primary N) is 1. The quantitative estimate of drug-likeness (QED) is 0.752. The highest BCUT2D eigenvalue weighted by Gasteiger charge is 2.45. The highest BCUT2D eigenvalue weighted by molar-refractivity contribution is 5.88. The molecule has 4 heterocycles. The van der Waals surface area contributed by atoms with Crippen LogP contribution in [0.25, 0.3) is 10.9 Å². The van der Waals surface area contributed by atoms with Crippen molar-refractivity contribution < 1.29 is 19.0 Å². The van der Waals surface area contributed by atoms with Gasteiger partial charge in [0.05, 0.1) is 32.6 Å². The monoisotopic (exact) mass is 413 g/mol. The minimum Gasteiger partial charge on any atom is -0.498 e. The van der Waals surface area contributed by atoms with Gasteiger partial charge in [0, 0.05) is 47.2 Å². The summed E-state index contributed by atoms with van der Waals surface area (Å²) in [6.07, 6.45) is 4.75. The number of aldehydes is 1. The van der Waals surface area contributed by atoms with Crippen LogP contribution in [0.15, 0.2) is 24.0 Å². The number of rotatable bonds is 3. The molecule has 0 radical (unpaired) electrons. The lowest BCUT2D eigenvalue weighted by atomic mass is 9.72. The normalized spacial score (nSPS) is 27.4. The van der Waals surface area contributed by atoms with Gasteiger partial charge in [0.15, 0.2) is 11.5 Å². The lowest BCUT2D eigenvalue weighted by Gasteiger charge is -2.49. The highest BCUT2D eigenvalue weighted by atomic mass is 16.5. The highest BCUT2D eigenvalue weighted by Crippen LogP contribution is 2.48. The number of aromatic nitrogens is 1. The maximum atomic E-state index is 11.6. The number of piperidine rings is 1. The zero-order valence-electron chi connectivity index (χ0n) is 18.1. The first-order chi connectivity index (χ1) is 14.6. The van der Waals surface area contributed by atoms with E-state index >= 15 is 0 Å². The fraction of sp³-hybridized carbons (Fsp3) is 0.522. The molecule has 1 saturated heterocycles. The predicted molar refractivity (Wildman–Crippen MR) is 116 cm³/mol. The number of nitrogens with one attached hydrogen (secondary N) is 1. The van der Waals surface area contributed by atoms with E-state index in [1.165, 1.54) is 23.7 Å². The van der Waals surface area contributed by atoms with Crippen LogP contribution >= 0.6 is 0 Å². The molecule has 7 heteroatoms. The molecule has 0 aliphatic carbocycles. The summed E-state index contributed by atoms with van der Waals surface area (Å²) in [7, 11) is 4.83. The fourth-order valence-corrected chi connectivity index (χ4v) is 5.39. The third-order valence-electron chi connectivity index (χ3n) is 6.89. The first-order valence-electron chi connectivity index (χ1n) is 10.5. The van der Waals surface area contributed by atoms with Gasteiger partial charge in [-0.25, -0.2) is 0 Å². The molecule has 1 aromatic carbocycles. The zero-order chi connectivity index (χ0) is 21.4. The lowest BCUT2D eigenvalue weighted by Crippen LogP contribution is -2.50. The molecule has 162 valence electrons. The van der Waals surface area contributed by atoms with Crippen molar-refractivity contribution in [2.75, 3.05) is 34.4 Å². The van der Waals surface area contributed by atoms with E-state index < -0.39 is 0 Å². The van der Waals surface area contributed by atoms with Gasteiger partial charge in [-0.2, -0.15) is 0 Å². The summed E-state index contributed by atoms with van der Waals surface area (Å²) in [5.74, 6) is 2.11. The number of hydrogen-bond acceptors (Lipinski definition) is 6. The predicted octanol–water partition coefficient (Wildman–Crippen LogP) is 2.80. The van der Waals surface area contributed by atoms with Gasteiger partial charge in [0.1, 0.15) is 6.29 Å². The molecule has 3 aliphatic rings. The van der Waals surface area contributed by atoms with Crippen LogP contribution in [-0.2, 0) is 16.0 Å². The summed E-state index contributed by atoms with van der Waals surface area (Å²) < 4.78 is 16.7. The van der Waals surface area contributed by atoms with Gasteiger partial charge < -0.3 is 24.9 Å². The van der Waals surface area contributed by atoms with E-state index in [-0.39, 0.29) is 12.0 Å². The lowest BCUT2D eigenvalue weighted by molar-refractivity contribution is -0.107. The van der Waals surface area contributed by atoms with Crippen molar-refractivity contribution in [1.82, 2.24) is 9.88 Å². The average Bonchev–Trinajstić information content (AvgIpc) is 3.16. The SMILES string of the molecule is CN.COc1cc2[nH]c3c(c2cc1OC)CCN1CC2C(CC31)C(C=O)=CO[C@H]2C. The molecular weight excluding hydrogens is 382 g/mol. The Labute approximate surface area is 177 Å². The molecule has 1 aromatic heterocycles. The molecule has 0 spiro atoms. The van der Waals surface area contributed by atoms with Crippen molar-refractivity contribution in [3.8, 4) is 11.5 Å². The molecule has 3 aliphatic heterocycles. The number of carbonyl (C=O) groups is 1. The Bertz CT molecular complexity index is 967. The average molecular weight is 414 g/mol. The van der Waals surface area contributed by atoms with Crippen molar-refractivity contribution in [3.05, 3.63) is 35.2 Å². The molecule has 2 aromatic rings. The minimum atomic E-state index is 0.146. The Balaban J connectivity index is 0.00000106. The molecule has 5 rings (SSSR count). The second-order valence-electron chi connectivity index (χ2n) is 8.11. The molecule has 0 amide bonds. The van der Waals surface area contributed by atoms with E-state index in [9.17, 15) is 4.79 Å². The van der Waals surface area contributed by atoms with Gasteiger partial charge in [-0.3, -0.25) is 9.69 Å². The van der Waals surface area contributed by atoms with Crippen molar-refractivity contribution >= 4 is 17.2 Å². The molecule has 1 fully saturated rings. The van der Waals surface area contributed by atoms with Gasteiger partial charge >= 0.3 is 0 Å². The molecular formula is C23H31N3O4. The van der Waals surface area contributed by atoms with Gasteiger partial charge in [-0.05, 0) is 44.4 Å². The van der Waals surface area contributed by atoms with Crippen molar-refractivity contribution in [2.45, 2.75) is 31.9 Å². The minimum absolute atomic E-state index is 0.146. The van der Waals surface area contributed by atoms with E-state index in [0.717, 1.165) is 54.8 Å². The Morgan fingerprint density at radius 2 is 1.97 bits per heavy atom. The van der Waals surface area contributed by atoms with Crippen LogP contribution in [0.1, 0.15) is 30.6 Å². The summed E-state index contributed by atoms with van der Waals surface area (Å²) in [5.41, 5.74) is 9.03.